The van der Waals surface area contributed by atoms with Gasteiger partial charge in [-0.3, -0.25) is 0 Å². The fourth-order valence-corrected chi connectivity index (χ4v) is 8.87. The molecule has 1 aliphatic rings. The van der Waals surface area contributed by atoms with Crippen molar-refractivity contribution in [3.05, 3.63) is 120 Å². The summed E-state index contributed by atoms with van der Waals surface area (Å²) in [6.45, 7) is 6.62. The van der Waals surface area contributed by atoms with Crippen molar-refractivity contribution in [2.45, 2.75) is 40.3 Å². The molecule has 46 heavy (non-hydrogen) atoms. The van der Waals surface area contributed by atoms with Gasteiger partial charge in [0.15, 0.2) is 0 Å². The summed E-state index contributed by atoms with van der Waals surface area (Å²) in [5.74, 6) is 1.42. The number of hydrogen-bond donors (Lipinski definition) is 0. The Morgan fingerprint density at radius 1 is 0.717 bits per heavy atom. The van der Waals surface area contributed by atoms with E-state index in [0.717, 1.165) is 70.2 Å². The fourth-order valence-electron chi connectivity index (χ4n) is 6.11. The van der Waals surface area contributed by atoms with Crippen molar-refractivity contribution in [3.8, 4) is 45.1 Å². The first-order valence-corrected chi connectivity index (χ1v) is 16.8. The first-order valence-electron chi connectivity index (χ1n) is 15.1. The SMILES string of the molecule is Cc1cc(Oc2cc(C)cc(-c3nccc4c3[Se]c3cc(CC(C)(C)C(F)(F)F)cc5cccc-4c35)c2)cc(-c2ccccn2)c1. The third kappa shape index (κ3) is 5.70. The first-order chi connectivity index (χ1) is 21.9. The van der Waals surface area contributed by atoms with E-state index in [4.69, 9.17) is 9.72 Å². The van der Waals surface area contributed by atoms with Crippen LogP contribution in [0.1, 0.15) is 30.5 Å². The van der Waals surface area contributed by atoms with Crippen LogP contribution in [-0.2, 0) is 6.42 Å². The van der Waals surface area contributed by atoms with Crippen molar-refractivity contribution < 1.29 is 17.9 Å². The number of aromatic nitrogens is 2. The maximum absolute atomic E-state index is 13.8. The summed E-state index contributed by atoms with van der Waals surface area (Å²) >= 11 is -0.178. The molecule has 0 unspecified atom stereocenters. The third-order valence-electron chi connectivity index (χ3n) is 8.39. The van der Waals surface area contributed by atoms with Crippen LogP contribution in [0.15, 0.2) is 103 Å². The summed E-state index contributed by atoms with van der Waals surface area (Å²) in [5.41, 5.74) is 6.85. The summed E-state index contributed by atoms with van der Waals surface area (Å²) in [5, 5.41) is 2.10. The van der Waals surface area contributed by atoms with Crippen LogP contribution in [0.3, 0.4) is 0 Å². The Bertz CT molecular complexity index is 2120. The molecule has 0 radical (unpaired) electrons. The minimum absolute atomic E-state index is 0.0773. The van der Waals surface area contributed by atoms with Gasteiger partial charge in [0.25, 0.3) is 0 Å². The number of fused-ring (bicyclic) bond motifs is 2. The zero-order valence-corrected chi connectivity index (χ0v) is 27.6. The molecule has 7 rings (SSSR count). The molecule has 0 bridgehead atoms. The molecule has 0 saturated heterocycles. The van der Waals surface area contributed by atoms with Gasteiger partial charge in [0, 0.05) is 0 Å². The van der Waals surface area contributed by atoms with Crippen molar-refractivity contribution in [2.24, 2.45) is 5.41 Å². The van der Waals surface area contributed by atoms with Crippen molar-refractivity contribution in [3.63, 3.8) is 0 Å². The molecule has 4 aromatic carbocycles. The molecule has 0 N–H and O–H groups in total. The van der Waals surface area contributed by atoms with Gasteiger partial charge in [0.05, 0.1) is 0 Å². The molecule has 1 aliphatic heterocycles. The summed E-state index contributed by atoms with van der Waals surface area (Å²) < 4.78 is 50.2. The van der Waals surface area contributed by atoms with Gasteiger partial charge in [-0.05, 0) is 6.07 Å². The topological polar surface area (TPSA) is 35.0 Å². The molecule has 0 fully saturated rings. The van der Waals surface area contributed by atoms with E-state index in [9.17, 15) is 13.2 Å². The maximum atomic E-state index is 13.8. The normalized spacial score (nSPS) is 12.7. The second-order valence-electron chi connectivity index (χ2n) is 12.6. The van der Waals surface area contributed by atoms with Crippen LogP contribution in [0.5, 0.6) is 11.5 Å². The number of nitrogens with zero attached hydrogens (tertiary/aromatic N) is 2. The molecule has 7 heteroatoms. The van der Waals surface area contributed by atoms with Gasteiger partial charge in [-0.15, -0.1) is 0 Å². The Kier molecular flexibility index (Phi) is 7.50. The molecule has 3 heterocycles. The van der Waals surface area contributed by atoms with E-state index in [1.807, 2.05) is 86.8 Å². The van der Waals surface area contributed by atoms with E-state index in [1.54, 1.807) is 6.20 Å². The van der Waals surface area contributed by atoms with E-state index in [-0.39, 0.29) is 21.4 Å². The first kappa shape index (κ1) is 30.2. The number of ether oxygens (including phenoxy) is 1. The molecule has 0 spiro atoms. The van der Waals surface area contributed by atoms with Gasteiger partial charge in [-0.1, -0.05) is 0 Å². The molecule has 2 aromatic heterocycles. The average Bonchev–Trinajstić information content (AvgIpc) is 3.00. The summed E-state index contributed by atoms with van der Waals surface area (Å²) in [4.78, 5) is 9.37. The second-order valence-corrected chi connectivity index (χ2v) is 14.8. The van der Waals surface area contributed by atoms with Gasteiger partial charge in [0.1, 0.15) is 0 Å². The van der Waals surface area contributed by atoms with E-state index in [1.165, 1.54) is 13.8 Å². The number of rotatable bonds is 6. The Labute approximate surface area is 272 Å². The predicted octanol–water partition coefficient (Wildman–Crippen LogP) is 9.14. The number of benzene rings is 4. The number of hydrogen-bond acceptors (Lipinski definition) is 3. The van der Waals surface area contributed by atoms with E-state index in [0.29, 0.717) is 11.3 Å². The average molecular weight is 680 g/mol. The fraction of sp³-hybridized carbons (Fsp3) is 0.179. The van der Waals surface area contributed by atoms with Crippen LogP contribution in [0.4, 0.5) is 13.2 Å². The molecule has 0 atom stereocenters. The predicted molar refractivity (Wildman–Crippen MR) is 180 cm³/mol. The minimum atomic E-state index is -4.29. The summed E-state index contributed by atoms with van der Waals surface area (Å²) in [7, 11) is 0. The second kappa shape index (κ2) is 11.4. The Morgan fingerprint density at radius 3 is 2.17 bits per heavy atom. The van der Waals surface area contributed by atoms with Crippen LogP contribution < -0.4 is 13.7 Å². The number of aryl methyl sites for hydroxylation is 2. The van der Waals surface area contributed by atoms with Crippen LogP contribution in [0.25, 0.3) is 44.4 Å². The van der Waals surface area contributed by atoms with Crippen molar-refractivity contribution in [1.82, 2.24) is 9.97 Å². The summed E-state index contributed by atoms with van der Waals surface area (Å²) in [6.07, 6.45) is -0.745. The van der Waals surface area contributed by atoms with Crippen LogP contribution in [-0.4, -0.2) is 31.1 Å². The van der Waals surface area contributed by atoms with Gasteiger partial charge >= 0.3 is 267 Å². The molecular formula is C39H31F3N2OSe. The number of alkyl halides is 3. The van der Waals surface area contributed by atoms with Gasteiger partial charge in [-0.2, -0.15) is 0 Å². The zero-order valence-electron chi connectivity index (χ0n) is 25.9. The molecule has 230 valence electrons. The molecule has 0 saturated carbocycles. The zero-order chi connectivity index (χ0) is 32.2. The van der Waals surface area contributed by atoms with E-state index < -0.39 is 11.6 Å². The Hall–Kier alpha value is -4.45. The van der Waals surface area contributed by atoms with Gasteiger partial charge in [-0.25, -0.2) is 0 Å². The van der Waals surface area contributed by atoms with E-state index in [2.05, 4.69) is 29.2 Å². The van der Waals surface area contributed by atoms with Crippen molar-refractivity contribution in [2.75, 3.05) is 0 Å². The Balaban J connectivity index is 1.28. The molecular weight excluding hydrogens is 648 g/mol. The monoisotopic (exact) mass is 680 g/mol. The molecule has 3 nitrogen and oxygen atoms in total. The van der Waals surface area contributed by atoms with E-state index >= 15 is 0 Å². The van der Waals surface area contributed by atoms with Crippen molar-refractivity contribution >= 4 is 34.7 Å². The molecule has 0 aliphatic carbocycles. The number of halogens is 3. The van der Waals surface area contributed by atoms with Gasteiger partial charge in [0.2, 0.25) is 0 Å². The van der Waals surface area contributed by atoms with Crippen molar-refractivity contribution in [1.29, 1.82) is 0 Å². The van der Waals surface area contributed by atoms with Crippen LogP contribution in [0.2, 0.25) is 0 Å². The quantitative estimate of drug-likeness (QED) is 0.165. The summed E-state index contributed by atoms with van der Waals surface area (Å²) in [6, 6.07) is 30.1. The Morgan fingerprint density at radius 2 is 1.46 bits per heavy atom. The molecule has 0 amide bonds. The number of pyridine rings is 2. The standard InChI is InChI=1S/C39H31F3N2OSe/c1-23-14-27(33-10-5-6-12-43-33)20-29(16-23)45-30-17-24(2)15-28(21-30)36-37-32(11-13-44-36)31-9-7-8-26-18-25(19-34(46-37)35(26)31)22-38(3,4)39(40,41)42/h5-21H,22H2,1-4H3. The van der Waals surface area contributed by atoms with Gasteiger partial charge < -0.3 is 0 Å². The van der Waals surface area contributed by atoms with Crippen LogP contribution in [0, 0.1) is 19.3 Å². The third-order valence-corrected chi connectivity index (χ3v) is 10.8. The van der Waals surface area contributed by atoms with Crippen LogP contribution >= 0.6 is 0 Å². The molecule has 6 aromatic rings.